The highest BCUT2D eigenvalue weighted by molar-refractivity contribution is 5.73. The van der Waals surface area contributed by atoms with E-state index in [1.807, 2.05) is 6.07 Å². The Morgan fingerprint density at radius 1 is 1.43 bits per heavy atom. The summed E-state index contributed by atoms with van der Waals surface area (Å²) in [4.78, 5) is 20.7. The van der Waals surface area contributed by atoms with Crippen LogP contribution in [-0.4, -0.2) is 15.0 Å². The summed E-state index contributed by atoms with van der Waals surface area (Å²) in [5, 5.41) is 0. The second kappa shape index (κ2) is 2.70. The molecule has 0 bridgehead atoms. The number of nitrogens with zero attached hydrogens (tertiary/aromatic N) is 1. The number of H-pyrrole nitrogens is 2. The Hall–Kier alpha value is -1.58. The van der Waals surface area contributed by atoms with E-state index in [4.69, 9.17) is 0 Å². The molecule has 0 amide bonds. The van der Waals surface area contributed by atoms with E-state index >= 15 is 0 Å². The zero-order valence-electron chi connectivity index (χ0n) is 7.71. The van der Waals surface area contributed by atoms with Crippen LogP contribution in [0.25, 0.3) is 11.2 Å². The van der Waals surface area contributed by atoms with E-state index in [2.05, 4.69) is 15.0 Å². The van der Waals surface area contributed by atoms with Gasteiger partial charge in [-0.1, -0.05) is 0 Å². The van der Waals surface area contributed by atoms with Gasteiger partial charge >= 0.3 is 5.69 Å². The first-order valence-electron chi connectivity index (χ1n) is 4.89. The van der Waals surface area contributed by atoms with Crippen molar-refractivity contribution in [3.05, 3.63) is 28.3 Å². The lowest BCUT2D eigenvalue weighted by Gasteiger charge is -1.99. The van der Waals surface area contributed by atoms with Crippen molar-refractivity contribution in [1.82, 2.24) is 15.0 Å². The van der Waals surface area contributed by atoms with Gasteiger partial charge in [-0.25, -0.2) is 9.78 Å². The predicted molar refractivity (Wildman–Crippen MR) is 53.1 cm³/mol. The molecule has 14 heavy (non-hydrogen) atoms. The summed E-state index contributed by atoms with van der Waals surface area (Å²) in [6.45, 7) is 0. The minimum atomic E-state index is -0.171. The molecule has 2 heterocycles. The van der Waals surface area contributed by atoms with E-state index in [0.29, 0.717) is 5.65 Å². The Kier molecular flexibility index (Phi) is 1.50. The van der Waals surface area contributed by atoms with Crippen LogP contribution >= 0.6 is 0 Å². The Morgan fingerprint density at radius 3 is 3.07 bits per heavy atom. The summed E-state index contributed by atoms with van der Waals surface area (Å²) >= 11 is 0. The molecule has 3 rings (SSSR count). The number of pyridine rings is 1. The van der Waals surface area contributed by atoms with Gasteiger partial charge in [0.2, 0.25) is 0 Å². The number of fused-ring (bicyclic) bond motifs is 1. The lowest BCUT2D eigenvalue weighted by molar-refractivity contribution is 0.835. The van der Waals surface area contributed by atoms with Crippen LogP contribution in [0, 0.1) is 5.92 Å². The van der Waals surface area contributed by atoms with Crippen molar-refractivity contribution in [1.29, 1.82) is 0 Å². The highest BCUT2D eigenvalue weighted by atomic mass is 16.1. The highest BCUT2D eigenvalue weighted by Crippen LogP contribution is 2.33. The lowest BCUT2D eigenvalue weighted by atomic mass is 10.1. The van der Waals surface area contributed by atoms with Crippen LogP contribution in [-0.2, 0) is 6.42 Å². The molecule has 0 radical (unpaired) electrons. The van der Waals surface area contributed by atoms with Crippen LogP contribution in [0.5, 0.6) is 0 Å². The van der Waals surface area contributed by atoms with Gasteiger partial charge in [0.25, 0.3) is 0 Å². The molecule has 0 unspecified atom stereocenters. The van der Waals surface area contributed by atoms with E-state index in [1.165, 1.54) is 18.4 Å². The molecular formula is C10H11N3O. The van der Waals surface area contributed by atoms with Gasteiger partial charge in [0.1, 0.15) is 0 Å². The Labute approximate surface area is 80.4 Å². The normalized spacial score (nSPS) is 16.3. The molecule has 72 valence electrons. The molecule has 0 aliphatic heterocycles. The molecule has 1 aliphatic rings. The summed E-state index contributed by atoms with van der Waals surface area (Å²) in [5.41, 5.74) is 2.59. The van der Waals surface area contributed by atoms with Crippen LogP contribution in [0.3, 0.4) is 0 Å². The van der Waals surface area contributed by atoms with Crippen LogP contribution in [0.1, 0.15) is 18.4 Å². The number of nitrogens with one attached hydrogen (secondary N) is 2. The molecule has 2 aromatic rings. The Balaban J connectivity index is 2.15. The second-order valence-corrected chi connectivity index (χ2v) is 3.92. The average molecular weight is 189 g/mol. The third kappa shape index (κ3) is 1.23. The highest BCUT2D eigenvalue weighted by Gasteiger charge is 2.22. The maximum absolute atomic E-state index is 11.1. The van der Waals surface area contributed by atoms with Gasteiger partial charge < -0.3 is 4.98 Å². The number of aromatic amines is 2. The van der Waals surface area contributed by atoms with E-state index in [0.717, 1.165) is 17.9 Å². The summed E-state index contributed by atoms with van der Waals surface area (Å²) < 4.78 is 0. The second-order valence-electron chi connectivity index (χ2n) is 3.92. The van der Waals surface area contributed by atoms with Crippen molar-refractivity contribution in [2.75, 3.05) is 0 Å². The molecule has 0 saturated heterocycles. The average Bonchev–Trinajstić information content (AvgIpc) is 2.87. The summed E-state index contributed by atoms with van der Waals surface area (Å²) in [6.07, 6.45) is 5.45. The van der Waals surface area contributed by atoms with Gasteiger partial charge in [-0.3, -0.25) is 4.98 Å². The monoisotopic (exact) mass is 189 g/mol. The third-order valence-electron chi connectivity index (χ3n) is 2.71. The maximum Gasteiger partial charge on any atom is 0.325 e. The number of rotatable bonds is 2. The summed E-state index contributed by atoms with van der Waals surface area (Å²) in [7, 11) is 0. The Bertz CT molecular complexity index is 521. The lowest BCUT2D eigenvalue weighted by Crippen LogP contribution is -1.99. The van der Waals surface area contributed by atoms with Crippen molar-refractivity contribution >= 4 is 11.2 Å². The fourth-order valence-corrected chi connectivity index (χ4v) is 1.79. The Morgan fingerprint density at radius 2 is 2.29 bits per heavy atom. The molecule has 1 aliphatic carbocycles. The standard InChI is InChI=1S/C10H11N3O/c14-10-12-8-7(5-6-1-2-6)3-4-11-9(8)13-10/h3-4,6H,1-2,5H2,(H2,11,12,13,14). The van der Waals surface area contributed by atoms with Crippen molar-refractivity contribution in [3.8, 4) is 0 Å². The van der Waals surface area contributed by atoms with Gasteiger partial charge in [0.05, 0.1) is 5.52 Å². The van der Waals surface area contributed by atoms with Gasteiger partial charge in [0.15, 0.2) is 5.65 Å². The van der Waals surface area contributed by atoms with Crippen LogP contribution in [0.4, 0.5) is 0 Å². The molecular weight excluding hydrogens is 178 g/mol. The molecule has 4 nitrogen and oxygen atoms in total. The van der Waals surface area contributed by atoms with Crippen LogP contribution in [0.15, 0.2) is 17.1 Å². The van der Waals surface area contributed by atoms with Gasteiger partial charge in [-0.15, -0.1) is 0 Å². The molecule has 2 aromatic heterocycles. The smallest absolute Gasteiger partial charge is 0.304 e. The topological polar surface area (TPSA) is 61.5 Å². The first-order valence-corrected chi connectivity index (χ1v) is 4.89. The molecule has 2 N–H and O–H groups in total. The molecule has 1 saturated carbocycles. The maximum atomic E-state index is 11.1. The molecule has 1 fully saturated rings. The van der Waals surface area contributed by atoms with E-state index in [1.54, 1.807) is 6.20 Å². The van der Waals surface area contributed by atoms with E-state index in [-0.39, 0.29) is 5.69 Å². The number of aromatic nitrogens is 3. The fraction of sp³-hybridized carbons (Fsp3) is 0.400. The molecule has 0 aromatic carbocycles. The number of imidazole rings is 1. The first kappa shape index (κ1) is 7.79. The first-order chi connectivity index (χ1) is 6.83. The van der Waals surface area contributed by atoms with Crippen LogP contribution in [0.2, 0.25) is 0 Å². The summed E-state index contributed by atoms with van der Waals surface area (Å²) in [5.74, 6) is 0.819. The van der Waals surface area contributed by atoms with E-state index in [9.17, 15) is 4.79 Å². The zero-order valence-corrected chi connectivity index (χ0v) is 7.71. The minimum absolute atomic E-state index is 0.171. The van der Waals surface area contributed by atoms with Gasteiger partial charge in [-0.2, -0.15) is 0 Å². The van der Waals surface area contributed by atoms with Gasteiger partial charge in [-0.05, 0) is 36.8 Å². The molecule has 0 spiro atoms. The van der Waals surface area contributed by atoms with Gasteiger partial charge in [0, 0.05) is 6.20 Å². The number of hydrogen-bond acceptors (Lipinski definition) is 2. The molecule has 4 heteroatoms. The minimum Gasteiger partial charge on any atom is -0.304 e. The molecule has 0 atom stereocenters. The van der Waals surface area contributed by atoms with Crippen LogP contribution < -0.4 is 5.69 Å². The summed E-state index contributed by atoms with van der Waals surface area (Å²) in [6, 6.07) is 1.99. The van der Waals surface area contributed by atoms with Crippen molar-refractivity contribution in [2.45, 2.75) is 19.3 Å². The SMILES string of the molecule is O=c1[nH]c2nccc(CC3CC3)c2[nH]1. The largest absolute Gasteiger partial charge is 0.325 e. The van der Waals surface area contributed by atoms with Crippen molar-refractivity contribution < 1.29 is 0 Å². The van der Waals surface area contributed by atoms with E-state index < -0.39 is 0 Å². The third-order valence-corrected chi connectivity index (χ3v) is 2.71. The fourth-order valence-electron chi connectivity index (χ4n) is 1.79. The number of hydrogen-bond donors (Lipinski definition) is 2. The van der Waals surface area contributed by atoms with Crippen molar-refractivity contribution in [3.63, 3.8) is 0 Å². The van der Waals surface area contributed by atoms with Crippen molar-refractivity contribution in [2.24, 2.45) is 5.92 Å². The predicted octanol–water partition coefficient (Wildman–Crippen LogP) is 1.20. The zero-order chi connectivity index (χ0) is 9.54. The quantitative estimate of drug-likeness (QED) is 0.745.